The van der Waals surface area contributed by atoms with Crippen LogP contribution in [0.15, 0.2) is 65.3 Å². The first-order chi connectivity index (χ1) is 12.1. The van der Waals surface area contributed by atoms with Gasteiger partial charge in [0.15, 0.2) is 5.69 Å². The Kier molecular flexibility index (Phi) is 5.26. The third-order valence-corrected chi connectivity index (χ3v) is 3.94. The van der Waals surface area contributed by atoms with Crippen LogP contribution in [0.5, 0.6) is 0 Å². The quantitative estimate of drug-likeness (QED) is 0.725. The summed E-state index contributed by atoms with van der Waals surface area (Å²) >= 11 is 0. The molecule has 2 aromatic carbocycles. The van der Waals surface area contributed by atoms with Crippen LogP contribution in [-0.4, -0.2) is 10.9 Å². The first-order valence-corrected chi connectivity index (χ1v) is 8.20. The summed E-state index contributed by atoms with van der Waals surface area (Å²) in [4.78, 5) is 16.4. The van der Waals surface area contributed by atoms with Crippen molar-refractivity contribution in [3.05, 3.63) is 89.1 Å². The number of carbonyl (C=O) groups is 1. The molecule has 3 aromatic rings. The van der Waals surface area contributed by atoms with Crippen LogP contribution in [0.4, 0.5) is 0 Å². The number of hydrogen-bond acceptors (Lipinski definition) is 4. The molecule has 1 aromatic heterocycles. The Morgan fingerprint density at radius 3 is 2.56 bits per heavy atom. The number of carbonyl (C=O) groups excluding carboxylic acids is 1. The van der Waals surface area contributed by atoms with Gasteiger partial charge in [-0.1, -0.05) is 60.2 Å². The summed E-state index contributed by atoms with van der Waals surface area (Å²) in [5.41, 5.74) is 9.68. The van der Waals surface area contributed by atoms with Crippen molar-refractivity contribution >= 4 is 5.91 Å². The summed E-state index contributed by atoms with van der Waals surface area (Å²) < 4.78 is 5.39. The van der Waals surface area contributed by atoms with Gasteiger partial charge < -0.3 is 15.5 Å². The van der Waals surface area contributed by atoms with Crippen molar-refractivity contribution in [2.75, 3.05) is 0 Å². The topological polar surface area (TPSA) is 81.2 Å². The summed E-state index contributed by atoms with van der Waals surface area (Å²) in [5, 5.41) is 2.83. The number of hydrogen-bond donors (Lipinski definition) is 2. The number of rotatable bonds is 6. The Balaban J connectivity index is 1.58. The van der Waals surface area contributed by atoms with Crippen LogP contribution in [0, 0.1) is 6.92 Å². The second-order valence-electron chi connectivity index (χ2n) is 6.04. The van der Waals surface area contributed by atoms with Crippen molar-refractivity contribution in [2.24, 2.45) is 5.73 Å². The number of nitrogens with two attached hydrogens (primary N) is 1. The van der Waals surface area contributed by atoms with Gasteiger partial charge >= 0.3 is 0 Å². The average Bonchev–Trinajstić information content (AvgIpc) is 3.12. The molecule has 0 spiro atoms. The van der Waals surface area contributed by atoms with Crippen molar-refractivity contribution in [1.29, 1.82) is 0 Å². The van der Waals surface area contributed by atoms with Crippen molar-refractivity contribution in [3.63, 3.8) is 0 Å². The Hall–Kier alpha value is -2.92. The number of benzene rings is 2. The van der Waals surface area contributed by atoms with Gasteiger partial charge in [-0.2, -0.15) is 0 Å². The molecule has 0 aliphatic rings. The largest absolute Gasteiger partial charge is 0.446 e. The summed E-state index contributed by atoms with van der Waals surface area (Å²) in [5.74, 6) is 0.0897. The number of aryl methyl sites for hydroxylation is 1. The Bertz CT molecular complexity index is 826. The first kappa shape index (κ1) is 16.9. The van der Waals surface area contributed by atoms with Crippen LogP contribution in [0.1, 0.15) is 39.1 Å². The normalized spacial score (nSPS) is 11.9. The van der Waals surface area contributed by atoms with Crippen molar-refractivity contribution in [2.45, 2.75) is 25.9 Å². The van der Waals surface area contributed by atoms with E-state index in [0.29, 0.717) is 18.9 Å². The maximum Gasteiger partial charge on any atom is 0.273 e. The van der Waals surface area contributed by atoms with E-state index in [1.165, 1.54) is 11.8 Å². The summed E-state index contributed by atoms with van der Waals surface area (Å²) in [6, 6.07) is 17.5. The summed E-state index contributed by atoms with van der Waals surface area (Å²) in [6.45, 7) is 2.47. The molecule has 0 radical (unpaired) electrons. The lowest BCUT2D eigenvalue weighted by Crippen LogP contribution is -2.23. The van der Waals surface area contributed by atoms with Crippen molar-refractivity contribution < 1.29 is 9.21 Å². The molecule has 5 heteroatoms. The SMILES string of the molecule is Cc1ccc(CNC(=O)c2coc(C(N)Cc3ccccc3)n2)cc1. The van der Waals surface area contributed by atoms with Gasteiger partial charge in [0.05, 0.1) is 6.04 Å². The maximum atomic E-state index is 12.2. The van der Waals surface area contributed by atoms with Crippen LogP contribution in [0.2, 0.25) is 0 Å². The molecular weight excluding hydrogens is 314 g/mol. The van der Waals surface area contributed by atoms with Gasteiger partial charge in [0.2, 0.25) is 5.89 Å². The lowest BCUT2D eigenvalue weighted by Gasteiger charge is -2.07. The molecule has 0 bridgehead atoms. The number of nitrogens with zero attached hydrogens (tertiary/aromatic N) is 1. The lowest BCUT2D eigenvalue weighted by molar-refractivity contribution is 0.0946. The molecule has 1 heterocycles. The molecule has 5 nitrogen and oxygen atoms in total. The van der Waals surface area contributed by atoms with Gasteiger partial charge in [-0.15, -0.1) is 0 Å². The van der Waals surface area contributed by atoms with Crippen LogP contribution < -0.4 is 11.1 Å². The Morgan fingerprint density at radius 1 is 1.12 bits per heavy atom. The fraction of sp³-hybridized carbons (Fsp3) is 0.200. The molecule has 3 rings (SSSR count). The molecule has 0 aliphatic carbocycles. The monoisotopic (exact) mass is 335 g/mol. The van der Waals surface area contributed by atoms with E-state index in [0.717, 1.165) is 11.1 Å². The van der Waals surface area contributed by atoms with Gasteiger partial charge in [0, 0.05) is 6.54 Å². The van der Waals surface area contributed by atoms with E-state index in [-0.39, 0.29) is 17.6 Å². The van der Waals surface area contributed by atoms with E-state index >= 15 is 0 Å². The van der Waals surface area contributed by atoms with Crippen LogP contribution in [0.25, 0.3) is 0 Å². The molecule has 0 aliphatic heterocycles. The van der Waals surface area contributed by atoms with Gasteiger partial charge in [0.25, 0.3) is 5.91 Å². The van der Waals surface area contributed by atoms with E-state index < -0.39 is 0 Å². The van der Waals surface area contributed by atoms with Crippen LogP contribution in [0.3, 0.4) is 0 Å². The standard InChI is InChI=1S/C20H21N3O2/c1-14-7-9-16(10-8-14)12-22-19(24)18-13-25-20(23-18)17(21)11-15-5-3-2-4-6-15/h2-10,13,17H,11-12,21H2,1H3,(H,22,24). The van der Waals surface area contributed by atoms with Crippen molar-refractivity contribution in [3.8, 4) is 0 Å². The van der Waals surface area contributed by atoms with E-state index in [1.54, 1.807) is 0 Å². The lowest BCUT2D eigenvalue weighted by atomic mass is 10.1. The molecule has 1 atom stereocenters. The van der Waals surface area contributed by atoms with Gasteiger partial charge in [0.1, 0.15) is 6.26 Å². The van der Waals surface area contributed by atoms with Crippen LogP contribution >= 0.6 is 0 Å². The number of aromatic nitrogens is 1. The van der Waals surface area contributed by atoms with E-state index in [9.17, 15) is 4.79 Å². The average molecular weight is 335 g/mol. The highest BCUT2D eigenvalue weighted by Crippen LogP contribution is 2.15. The Morgan fingerprint density at radius 2 is 1.84 bits per heavy atom. The van der Waals surface area contributed by atoms with Crippen molar-refractivity contribution in [1.82, 2.24) is 10.3 Å². The van der Waals surface area contributed by atoms with E-state index in [1.807, 2.05) is 61.5 Å². The molecule has 0 fully saturated rings. The fourth-order valence-corrected chi connectivity index (χ4v) is 2.50. The number of nitrogens with one attached hydrogen (secondary N) is 1. The zero-order chi connectivity index (χ0) is 17.6. The third-order valence-electron chi connectivity index (χ3n) is 3.94. The second kappa shape index (κ2) is 7.77. The molecule has 25 heavy (non-hydrogen) atoms. The zero-order valence-corrected chi connectivity index (χ0v) is 14.1. The zero-order valence-electron chi connectivity index (χ0n) is 14.1. The fourth-order valence-electron chi connectivity index (χ4n) is 2.50. The molecule has 0 saturated carbocycles. The van der Waals surface area contributed by atoms with E-state index in [2.05, 4.69) is 10.3 Å². The predicted octanol–water partition coefficient (Wildman–Crippen LogP) is 3.16. The van der Waals surface area contributed by atoms with Gasteiger partial charge in [-0.25, -0.2) is 4.98 Å². The summed E-state index contributed by atoms with van der Waals surface area (Å²) in [6.07, 6.45) is 1.95. The number of amides is 1. The minimum atomic E-state index is -0.388. The molecule has 0 saturated heterocycles. The van der Waals surface area contributed by atoms with Gasteiger partial charge in [-0.05, 0) is 24.5 Å². The van der Waals surface area contributed by atoms with Gasteiger partial charge in [-0.3, -0.25) is 4.79 Å². The highest BCUT2D eigenvalue weighted by atomic mass is 16.3. The smallest absolute Gasteiger partial charge is 0.273 e. The first-order valence-electron chi connectivity index (χ1n) is 8.20. The minimum absolute atomic E-state index is 0.241. The highest BCUT2D eigenvalue weighted by molar-refractivity contribution is 5.91. The maximum absolute atomic E-state index is 12.2. The third kappa shape index (κ3) is 4.55. The highest BCUT2D eigenvalue weighted by Gasteiger charge is 2.17. The second-order valence-corrected chi connectivity index (χ2v) is 6.04. The Labute approximate surface area is 146 Å². The molecule has 128 valence electrons. The predicted molar refractivity (Wildman–Crippen MR) is 95.9 cm³/mol. The molecular formula is C20H21N3O2. The molecule has 3 N–H and O–H groups in total. The van der Waals surface area contributed by atoms with Crippen LogP contribution in [-0.2, 0) is 13.0 Å². The minimum Gasteiger partial charge on any atom is -0.446 e. The number of oxazole rings is 1. The molecule has 1 amide bonds. The van der Waals surface area contributed by atoms with E-state index in [4.69, 9.17) is 10.2 Å². The summed E-state index contributed by atoms with van der Waals surface area (Å²) in [7, 11) is 0. The molecule has 1 unspecified atom stereocenters.